The van der Waals surface area contributed by atoms with Crippen LogP contribution in [0.4, 0.5) is 5.69 Å². The number of hydrogen-bond acceptors (Lipinski definition) is 4. The van der Waals surface area contributed by atoms with Crippen molar-refractivity contribution in [2.45, 2.75) is 59.1 Å². The molecule has 0 heterocycles. The Morgan fingerprint density at radius 3 is 2.38 bits per heavy atom. The fourth-order valence-corrected chi connectivity index (χ4v) is 3.26. The zero-order chi connectivity index (χ0) is 19.3. The molecule has 1 aliphatic rings. The maximum Gasteiger partial charge on any atom is 0.338 e. The van der Waals surface area contributed by atoms with E-state index in [0.29, 0.717) is 23.1 Å². The number of hydrogen-bond donors (Lipinski definition) is 2. The van der Waals surface area contributed by atoms with E-state index in [2.05, 4.69) is 24.5 Å². The molecule has 1 aromatic carbocycles. The summed E-state index contributed by atoms with van der Waals surface area (Å²) in [5.41, 5.74) is 0.929. The number of nitrogens with one attached hydrogen (secondary N) is 2. The van der Waals surface area contributed by atoms with E-state index in [1.807, 2.05) is 0 Å². The van der Waals surface area contributed by atoms with Crippen molar-refractivity contribution in [3.8, 4) is 0 Å². The van der Waals surface area contributed by atoms with Crippen LogP contribution < -0.4 is 10.6 Å². The monoisotopic (exact) mass is 360 g/mol. The Kier molecular flexibility index (Phi) is 6.77. The molecule has 26 heavy (non-hydrogen) atoms. The fraction of sp³-hybridized carbons (Fsp3) is 0.550. The van der Waals surface area contributed by atoms with Crippen molar-refractivity contribution in [1.82, 2.24) is 5.32 Å². The third kappa shape index (κ3) is 5.31. The summed E-state index contributed by atoms with van der Waals surface area (Å²) in [4.78, 5) is 35.6. The number of anilines is 1. The molecular weight excluding hydrogens is 332 g/mol. The van der Waals surface area contributed by atoms with Crippen LogP contribution in [0.1, 0.15) is 57.3 Å². The molecule has 0 radical (unpaired) electrons. The van der Waals surface area contributed by atoms with Gasteiger partial charge in [-0.2, -0.15) is 0 Å². The smallest absolute Gasteiger partial charge is 0.338 e. The van der Waals surface area contributed by atoms with Gasteiger partial charge in [0.15, 0.2) is 6.10 Å². The van der Waals surface area contributed by atoms with Gasteiger partial charge >= 0.3 is 5.97 Å². The Bertz CT molecular complexity index is 656. The Hall–Kier alpha value is -2.37. The third-order valence-corrected chi connectivity index (χ3v) is 5.13. The van der Waals surface area contributed by atoms with Crippen molar-refractivity contribution >= 4 is 23.5 Å². The predicted molar refractivity (Wildman–Crippen MR) is 99.7 cm³/mol. The van der Waals surface area contributed by atoms with Gasteiger partial charge < -0.3 is 15.4 Å². The normalized spacial score (nSPS) is 23.6. The van der Waals surface area contributed by atoms with Gasteiger partial charge in [0.05, 0.1) is 5.56 Å². The van der Waals surface area contributed by atoms with Gasteiger partial charge in [-0.1, -0.05) is 26.7 Å². The predicted octanol–water partition coefficient (Wildman–Crippen LogP) is 3.13. The number of esters is 1. The lowest BCUT2D eigenvalue weighted by Gasteiger charge is -2.35. The van der Waals surface area contributed by atoms with Crippen molar-refractivity contribution in [3.05, 3.63) is 29.8 Å². The molecule has 2 N–H and O–H groups in total. The summed E-state index contributed by atoms with van der Waals surface area (Å²) < 4.78 is 5.28. The summed E-state index contributed by atoms with van der Waals surface area (Å²) in [7, 11) is 0. The number of carbonyl (C=O) groups is 3. The molecular formula is C20H28N2O4. The summed E-state index contributed by atoms with van der Waals surface area (Å²) in [6, 6.07) is 6.48. The molecule has 2 rings (SSSR count). The van der Waals surface area contributed by atoms with Crippen molar-refractivity contribution in [3.63, 3.8) is 0 Å². The Morgan fingerprint density at radius 2 is 1.77 bits per heavy atom. The van der Waals surface area contributed by atoms with Crippen LogP contribution in [0, 0.1) is 11.8 Å². The lowest BCUT2D eigenvalue weighted by molar-refractivity contribution is -0.130. The second-order valence-corrected chi connectivity index (χ2v) is 7.19. The highest BCUT2D eigenvalue weighted by molar-refractivity contribution is 5.93. The molecule has 1 aliphatic carbocycles. The highest BCUT2D eigenvalue weighted by Crippen LogP contribution is 2.29. The van der Waals surface area contributed by atoms with Crippen molar-refractivity contribution < 1.29 is 19.1 Å². The second kappa shape index (κ2) is 8.83. The number of benzene rings is 1. The largest absolute Gasteiger partial charge is 0.449 e. The van der Waals surface area contributed by atoms with E-state index >= 15 is 0 Å². The molecule has 6 nitrogen and oxygen atoms in total. The first-order valence-corrected chi connectivity index (χ1v) is 9.17. The van der Waals surface area contributed by atoms with E-state index in [1.54, 1.807) is 31.2 Å². The zero-order valence-corrected chi connectivity index (χ0v) is 15.9. The molecule has 1 fully saturated rings. The van der Waals surface area contributed by atoms with Gasteiger partial charge in [-0.3, -0.25) is 9.59 Å². The lowest BCUT2D eigenvalue weighted by Crippen LogP contribution is -2.47. The first kappa shape index (κ1) is 19.9. The molecule has 0 saturated heterocycles. The van der Waals surface area contributed by atoms with Crippen LogP contribution in [0.15, 0.2) is 24.3 Å². The average Bonchev–Trinajstić information content (AvgIpc) is 2.59. The molecule has 2 amide bonds. The first-order chi connectivity index (χ1) is 12.3. The number of amides is 2. The molecule has 0 spiro atoms. The minimum absolute atomic E-state index is 0.129. The molecule has 6 heteroatoms. The minimum atomic E-state index is -0.859. The van der Waals surface area contributed by atoms with Crippen molar-refractivity contribution in [2.75, 3.05) is 5.32 Å². The molecule has 0 unspecified atom stereocenters. The van der Waals surface area contributed by atoms with Gasteiger partial charge in [-0.15, -0.1) is 0 Å². The standard InChI is InChI=1S/C20H28N2O4/c1-12-6-5-7-18(13(12)2)22-19(24)14(3)26-20(25)16-8-10-17(11-9-16)21-15(4)23/h8-14,18H,5-7H2,1-4H3,(H,21,23)(H,22,24)/t12-,13-,14-,18-/m1/s1. The van der Waals surface area contributed by atoms with E-state index in [1.165, 1.54) is 13.3 Å². The van der Waals surface area contributed by atoms with Crippen molar-refractivity contribution in [2.24, 2.45) is 11.8 Å². The van der Waals surface area contributed by atoms with Crippen LogP contribution in [-0.4, -0.2) is 29.9 Å². The van der Waals surface area contributed by atoms with Gasteiger partial charge in [-0.25, -0.2) is 4.79 Å². The zero-order valence-electron chi connectivity index (χ0n) is 15.9. The molecule has 0 aliphatic heterocycles. The molecule has 4 atom stereocenters. The SMILES string of the molecule is CC(=O)Nc1ccc(C(=O)O[C@H](C)C(=O)N[C@@H]2CCC[C@@H](C)[C@H]2C)cc1. The van der Waals surface area contributed by atoms with E-state index in [-0.39, 0.29) is 17.9 Å². The quantitative estimate of drug-likeness (QED) is 0.790. The Labute approximate surface area is 154 Å². The molecule has 0 aromatic heterocycles. The summed E-state index contributed by atoms with van der Waals surface area (Å²) in [6.45, 7) is 7.35. The second-order valence-electron chi connectivity index (χ2n) is 7.19. The Balaban J connectivity index is 1.89. The van der Waals surface area contributed by atoms with Gasteiger partial charge in [0.1, 0.15) is 0 Å². The van der Waals surface area contributed by atoms with Crippen LogP contribution >= 0.6 is 0 Å². The van der Waals surface area contributed by atoms with E-state index in [0.717, 1.165) is 12.8 Å². The van der Waals surface area contributed by atoms with Gasteiger partial charge in [0.25, 0.3) is 5.91 Å². The van der Waals surface area contributed by atoms with Crippen molar-refractivity contribution in [1.29, 1.82) is 0 Å². The number of rotatable bonds is 5. The summed E-state index contributed by atoms with van der Waals surface area (Å²) in [5, 5.41) is 5.65. The van der Waals surface area contributed by atoms with Gasteiger partial charge in [0.2, 0.25) is 5.91 Å². The van der Waals surface area contributed by atoms with Crippen LogP contribution in [-0.2, 0) is 14.3 Å². The molecule has 1 saturated carbocycles. The maximum atomic E-state index is 12.4. The lowest BCUT2D eigenvalue weighted by atomic mass is 9.78. The molecule has 1 aromatic rings. The highest BCUT2D eigenvalue weighted by Gasteiger charge is 2.30. The van der Waals surface area contributed by atoms with E-state index in [4.69, 9.17) is 4.74 Å². The molecule has 0 bridgehead atoms. The topological polar surface area (TPSA) is 84.5 Å². The first-order valence-electron chi connectivity index (χ1n) is 9.17. The summed E-state index contributed by atoms with van der Waals surface area (Å²) in [5.74, 6) is -0.0194. The van der Waals surface area contributed by atoms with Crippen LogP contribution in [0.25, 0.3) is 0 Å². The van der Waals surface area contributed by atoms with Gasteiger partial charge in [-0.05, 0) is 49.4 Å². The maximum absolute atomic E-state index is 12.4. The molecule has 142 valence electrons. The van der Waals surface area contributed by atoms with E-state index in [9.17, 15) is 14.4 Å². The fourth-order valence-electron chi connectivity index (χ4n) is 3.26. The minimum Gasteiger partial charge on any atom is -0.449 e. The van der Waals surface area contributed by atoms with Crippen LogP contribution in [0.3, 0.4) is 0 Å². The third-order valence-electron chi connectivity index (χ3n) is 5.13. The number of carbonyl (C=O) groups excluding carboxylic acids is 3. The van der Waals surface area contributed by atoms with Crippen LogP contribution in [0.5, 0.6) is 0 Å². The van der Waals surface area contributed by atoms with Crippen LogP contribution in [0.2, 0.25) is 0 Å². The number of ether oxygens (including phenoxy) is 1. The Morgan fingerprint density at radius 1 is 1.12 bits per heavy atom. The average molecular weight is 360 g/mol. The van der Waals surface area contributed by atoms with E-state index < -0.39 is 12.1 Å². The highest BCUT2D eigenvalue weighted by atomic mass is 16.5. The summed E-state index contributed by atoms with van der Waals surface area (Å²) in [6.07, 6.45) is 2.39. The van der Waals surface area contributed by atoms with Gasteiger partial charge in [0, 0.05) is 18.7 Å². The summed E-state index contributed by atoms with van der Waals surface area (Å²) >= 11 is 0.